The van der Waals surface area contributed by atoms with Gasteiger partial charge in [0.25, 0.3) is 0 Å². The van der Waals surface area contributed by atoms with E-state index < -0.39 is 0 Å². The van der Waals surface area contributed by atoms with Gasteiger partial charge in [0.15, 0.2) is 16.0 Å². The third-order valence-electron chi connectivity index (χ3n) is 3.88. The van der Waals surface area contributed by atoms with Crippen LogP contribution in [0.4, 0.5) is 5.13 Å². The fourth-order valence-electron chi connectivity index (χ4n) is 3.00. The van der Waals surface area contributed by atoms with E-state index in [0.717, 1.165) is 12.1 Å². The standard InChI is InChI=1S/C15H18N2O3S2/c1-8(18)21-9-4-12(20)17(7-9)14-16-10-5-15(2,3)6-11(19)13(10)22-14/h9H,4-7H2,1-3H3. The molecule has 1 fully saturated rings. The molecule has 1 saturated heterocycles. The zero-order valence-electron chi connectivity index (χ0n) is 12.8. The van der Waals surface area contributed by atoms with Crippen molar-refractivity contribution in [2.24, 2.45) is 5.41 Å². The minimum absolute atomic E-state index is 0.0157. The fourth-order valence-corrected chi connectivity index (χ4v) is 4.96. The number of amides is 1. The van der Waals surface area contributed by atoms with Crippen molar-refractivity contribution in [3.63, 3.8) is 0 Å². The van der Waals surface area contributed by atoms with Gasteiger partial charge in [-0.15, -0.1) is 0 Å². The normalized spacial score (nSPS) is 23.8. The van der Waals surface area contributed by atoms with Crippen LogP contribution in [0.2, 0.25) is 0 Å². The maximum Gasteiger partial charge on any atom is 0.230 e. The van der Waals surface area contributed by atoms with Gasteiger partial charge in [0.05, 0.1) is 10.6 Å². The SMILES string of the molecule is CC(=O)SC1CC(=O)N(c2nc3c(s2)C(=O)CC(C)(C)C3)C1. The summed E-state index contributed by atoms with van der Waals surface area (Å²) < 4.78 is 0. The molecule has 0 saturated carbocycles. The van der Waals surface area contributed by atoms with Gasteiger partial charge in [0, 0.05) is 31.6 Å². The van der Waals surface area contributed by atoms with Crippen molar-refractivity contribution in [2.45, 2.75) is 45.3 Å². The highest BCUT2D eigenvalue weighted by atomic mass is 32.2. The Balaban J connectivity index is 1.84. The molecule has 5 nitrogen and oxygen atoms in total. The number of ketones is 1. The molecule has 22 heavy (non-hydrogen) atoms. The summed E-state index contributed by atoms with van der Waals surface area (Å²) in [5, 5.41) is 0.612. The molecular weight excluding hydrogens is 320 g/mol. The van der Waals surface area contributed by atoms with E-state index >= 15 is 0 Å². The van der Waals surface area contributed by atoms with E-state index in [0.29, 0.717) is 29.4 Å². The Bertz CT molecular complexity index is 666. The molecule has 2 heterocycles. The summed E-state index contributed by atoms with van der Waals surface area (Å²) in [7, 11) is 0. The van der Waals surface area contributed by atoms with Crippen LogP contribution in [-0.4, -0.2) is 33.6 Å². The molecule has 0 N–H and O–H groups in total. The lowest BCUT2D eigenvalue weighted by molar-refractivity contribution is -0.117. The van der Waals surface area contributed by atoms with Gasteiger partial charge in [-0.25, -0.2) is 4.98 Å². The second-order valence-electron chi connectivity index (χ2n) is 6.65. The lowest BCUT2D eigenvalue weighted by atomic mass is 9.78. The Morgan fingerprint density at radius 3 is 2.77 bits per heavy atom. The molecule has 2 aliphatic rings. The second kappa shape index (κ2) is 5.45. The first-order valence-electron chi connectivity index (χ1n) is 7.26. The van der Waals surface area contributed by atoms with E-state index in [1.54, 1.807) is 4.90 Å². The number of thioether (sulfide) groups is 1. The van der Waals surface area contributed by atoms with E-state index in [1.807, 2.05) is 0 Å². The van der Waals surface area contributed by atoms with Gasteiger partial charge in [-0.3, -0.25) is 19.3 Å². The van der Waals surface area contributed by atoms with Gasteiger partial charge in [0.1, 0.15) is 0 Å². The van der Waals surface area contributed by atoms with Crippen molar-refractivity contribution >= 4 is 45.0 Å². The summed E-state index contributed by atoms with van der Waals surface area (Å²) >= 11 is 2.52. The van der Waals surface area contributed by atoms with Crippen molar-refractivity contribution in [1.82, 2.24) is 4.98 Å². The van der Waals surface area contributed by atoms with Crippen molar-refractivity contribution < 1.29 is 14.4 Å². The number of hydrogen-bond donors (Lipinski definition) is 0. The first kappa shape index (κ1) is 15.7. The summed E-state index contributed by atoms with van der Waals surface area (Å²) in [4.78, 5) is 42.5. The van der Waals surface area contributed by atoms with Crippen LogP contribution in [0.25, 0.3) is 0 Å². The van der Waals surface area contributed by atoms with Crippen molar-refractivity contribution in [3.8, 4) is 0 Å². The minimum atomic E-state index is -0.0720. The van der Waals surface area contributed by atoms with Gasteiger partial charge in [-0.2, -0.15) is 0 Å². The van der Waals surface area contributed by atoms with Crippen molar-refractivity contribution in [3.05, 3.63) is 10.6 Å². The van der Waals surface area contributed by atoms with Gasteiger partial charge in [0.2, 0.25) is 5.91 Å². The Labute approximate surface area is 137 Å². The largest absolute Gasteiger partial charge is 0.293 e. The lowest BCUT2D eigenvalue weighted by Gasteiger charge is -2.26. The number of carbonyl (C=O) groups excluding carboxylic acids is 3. The van der Waals surface area contributed by atoms with Gasteiger partial charge in [-0.1, -0.05) is 36.9 Å². The number of carbonyl (C=O) groups is 3. The summed E-state index contributed by atoms with van der Waals surface area (Å²) in [6.07, 6.45) is 1.64. The third-order valence-corrected chi connectivity index (χ3v) is 6.02. The lowest BCUT2D eigenvalue weighted by Crippen LogP contribution is -2.26. The van der Waals surface area contributed by atoms with Crippen molar-refractivity contribution in [1.29, 1.82) is 0 Å². The molecule has 1 unspecified atom stereocenters. The molecule has 0 radical (unpaired) electrons. The number of Topliss-reactive ketones (excluding diaryl/α,β-unsaturated/α-hetero) is 1. The maximum atomic E-state index is 12.2. The molecule has 1 aliphatic carbocycles. The molecule has 1 amide bonds. The Morgan fingerprint density at radius 1 is 1.36 bits per heavy atom. The van der Waals surface area contributed by atoms with E-state index in [-0.39, 0.29) is 27.5 Å². The monoisotopic (exact) mass is 338 g/mol. The Hall–Kier alpha value is -1.21. The quantitative estimate of drug-likeness (QED) is 0.829. The topological polar surface area (TPSA) is 67.3 Å². The summed E-state index contributed by atoms with van der Waals surface area (Å²) in [5.74, 6) is 0.105. The van der Waals surface area contributed by atoms with E-state index in [9.17, 15) is 14.4 Å². The number of aromatic nitrogens is 1. The van der Waals surface area contributed by atoms with E-state index in [2.05, 4.69) is 18.8 Å². The first-order chi connectivity index (χ1) is 10.2. The predicted octanol–water partition coefficient (Wildman–Crippen LogP) is 2.68. The van der Waals surface area contributed by atoms with Crippen LogP contribution in [0.1, 0.15) is 49.0 Å². The van der Waals surface area contributed by atoms with Crippen LogP contribution in [0.15, 0.2) is 0 Å². The molecule has 1 aliphatic heterocycles. The zero-order valence-corrected chi connectivity index (χ0v) is 14.5. The Morgan fingerprint density at radius 2 is 2.09 bits per heavy atom. The summed E-state index contributed by atoms with van der Waals surface area (Å²) in [5.41, 5.74) is 0.744. The predicted molar refractivity (Wildman–Crippen MR) is 87.6 cm³/mol. The molecule has 1 atom stereocenters. The average Bonchev–Trinajstić information content (AvgIpc) is 2.90. The molecule has 1 aromatic rings. The van der Waals surface area contributed by atoms with E-state index in [4.69, 9.17) is 0 Å². The van der Waals surface area contributed by atoms with Crippen LogP contribution in [0.3, 0.4) is 0 Å². The van der Waals surface area contributed by atoms with Gasteiger partial charge >= 0.3 is 0 Å². The molecule has 3 rings (SSSR count). The molecular formula is C15H18N2O3S2. The molecule has 0 bridgehead atoms. The van der Waals surface area contributed by atoms with Gasteiger partial charge < -0.3 is 0 Å². The molecule has 118 valence electrons. The molecule has 1 aromatic heterocycles. The fraction of sp³-hybridized carbons (Fsp3) is 0.600. The number of thiazole rings is 1. The number of hydrogen-bond acceptors (Lipinski definition) is 6. The highest BCUT2D eigenvalue weighted by Gasteiger charge is 2.38. The summed E-state index contributed by atoms with van der Waals surface area (Å²) in [6, 6.07) is 0. The highest BCUT2D eigenvalue weighted by molar-refractivity contribution is 8.14. The molecule has 7 heteroatoms. The molecule has 0 spiro atoms. The first-order valence-corrected chi connectivity index (χ1v) is 8.95. The van der Waals surface area contributed by atoms with Crippen LogP contribution < -0.4 is 4.90 Å². The number of fused-ring (bicyclic) bond motifs is 1. The smallest absolute Gasteiger partial charge is 0.230 e. The number of rotatable bonds is 2. The molecule has 0 aromatic carbocycles. The third kappa shape index (κ3) is 2.96. The Kier molecular flexibility index (Phi) is 3.89. The van der Waals surface area contributed by atoms with Crippen molar-refractivity contribution in [2.75, 3.05) is 11.4 Å². The van der Waals surface area contributed by atoms with Gasteiger partial charge in [-0.05, 0) is 11.8 Å². The summed E-state index contributed by atoms with van der Waals surface area (Å²) in [6.45, 7) is 6.13. The number of nitrogens with zero attached hydrogens (tertiary/aromatic N) is 2. The van der Waals surface area contributed by atoms with Crippen LogP contribution in [0.5, 0.6) is 0 Å². The highest BCUT2D eigenvalue weighted by Crippen LogP contribution is 2.40. The minimum Gasteiger partial charge on any atom is -0.293 e. The van der Waals surface area contributed by atoms with Crippen LogP contribution in [-0.2, 0) is 16.0 Å². The number of anilines is 1. The van der Waals surface area contributed by atoms with Crippen LogP contribution >= 0.6 is 23.1 Å². The maximum absolute atomic E-state index is 12.2. The van der Waals surface area contributed by atoms with Crippen LogP contribution in [0, 0.1) is 5.41 Å². The zero-order chi connectivity index (χ0) is 16.1. The van der Waals surface area contributed by atoms with E-state index in [1.165, 1.54) is 30.0 Å². The average molecular weight is 338 g/mol. The second-order valence-corrected chi connectivity index (χ2v) is 9.11.